The molecule has 1 N–H and O–H groups in total. The number of nitrogens with one attached hydrogen (secondary N) is 1. The van der Waals surface area contributed by atoms with E-state index in [0.717, 1.165) is 27.3 Å². The monoisotopic (exact) mass is 427 g/mol. The van der Waals surface area contributed by atoms with Gasteiger partial charge in [-0.2, -0.15) is 0 Å². The molecule has 0 spiro atoms. The number of para-hydroxylation sites is 2. The zero-order chi connectivity index (χ0) is 21.2. The van der Waals surface area contributed by atoms with Crippen molar-refractivity contribution in [3.8, 4) is 0 Å². The molecule has 2 amide bonds. The number of benzene rings is 3. The third kappa shape index (κ3) is 4.07. The van der Waals surface area contributed by atoms with E-state index in [9.17, 15) is 9.59 Å². The molecule has 0 aliphatic carbocycles. The third-order valence-electron chi connectivity index (χ3n) is 5.45. The normalized spacial score (nSPS) is 12.7. The molecule has 5 rings (SSSR count). The van der Waals surface area contributed by atoms with Gasteiger partial charge in [0.1, 0.15) is 0 Å². The maximum Gasteiger partial charge on any atom is 0.258 e. The Balaban J connectivity index is 1.19. The van der Waals surface area contributed by atoms with Crippen molar-refractivity contribution in [3.05, 3.63) is 88.9 Å². The number of rotatable bonds is 5. The van der Waals surface area contributed by atoms with Gasteiger partial charge in [0.25, 0.3) is 5.91 Å². The van der Waals surface area contributed by atoms with Crippen LogP contribution in [0.1, 0.15) is 27.3 Å². The van der Waals surface area contributed by atoms with Crippen LogP contribution in [0.3, 0.4) is 0 Å². The minimum atomic E-state index is -0.0631. The average molecular weight is 428 g/mol. The van der Waals surface area contributed by atoms with Gasteiger partial charge in [0.15, 0.2) is 0 Å². The lowest BCUT2D eigenvalue weighted by molar-refractivity contribution is -0.116. The Morgan fingerprint density at radius 2 is 1.74 bits per heavy atom. The highest BCUT2D eigenvalue weighted by molar-refractivity contribution is 7.18. The van der Waals surface area contributed by atoms with E-state index in [4.69, 9.17) is 0 Å². The van der Waals surface area contributed by atoms with E-state index in [2.05, 4.69) is 16.4 Å². The molecule has 0 saturated heterocycles. The number of carbonyl (C=O) groups is 2. The SMILES string of the molecule is O=C(CCc1nc2ccccc2s1)Nc1ccc(C(=O)N2CCc3ccccc32)cc1. The fraction of sp³-hybridized carbons (Fsp3) is 0.160. The van der Waals surface area contributed by atoms with Crippen LogP contribution in [0.15, 0.2) is 72.8 Å². The van der Waals surface area contributed by atoms with Crippen LogP contribution in [-0.2, 0) is 17.6 Å². The quantitative estimate of drug-likeness (QED) is 0.484. The molecule has 0 fully saturated rings. The number of anilines is 2. The summed E-state index contributed by atoms with van der Waals surface area (Å²) in [6, 6.07) is 23.1. The van der Waals surface area contributed by atoms with Gasteiger partial charge in [-0.3, -0.25) is 9.59 Å². The Labute approximate surface area is 184 Å². The van der Waals surface area contributed by atoms with E-state index in [1.165, 1.54) is 5.56 Å². The van der Waals surface area contributed by atoms with Gasteiger partial charge in [0, 0.05) is 36.3 Å². The van der Waals surface area contributed by atoms with Gasteiger partial charge in [0.2, 0.25) is 5.91 Å². The molecule has 0 atom stereocenters. The summed E-state index contributed by atoms with van der Waals surface area (Å²) in [6.45, 7) is 0.697. The van der Waals surface area contributed by atoms with Crippen LogP contribution in [0.4, 0.5) is 11.4 Å². The number of aromatic nitrogens is 1. The first-order valence-corrected chi connectivity index (χ1v) is 11.1. The van der Waals surface area contributed by atoms with Crippen molar-refractivity contribution >= 4 is 44.7 Å². The zero-order valence-electron chi connectivity index (χ0n) is 16.9. The second-order valence-electron chi connectivity index (χ2n) is 7.54. The molecular weight excluding hydrogens is 406 g/mol. The first-order chi connectivity index (χ1) is 15.2. The summed E-state index contributed by atoms with van der Waals surface area (Å²) < 4.78 is 1.14. The van der Waals surface area contributed by atoms with Crippen LogP contribution in [0, 0.1) is 0 Å². The highest BCUT2D eigenvalue weighted by Gasteiger charge is 2.25. The lowest BCUT2D eigenvalue weighted by atomic mass is 10.1. The van der Waals surface area contributed by atoms with Gasteiger partial charge in [-0.25, -0.2) is 4.98 Å². The predicted molar refractivity (Wildman–Crippen MR) is 125 cm³/mol. The van der Waals surface area contributed by atoms with E-state index in [1.54, 1.807) is 35.6 Å². The maximum atomic E-state index is 12.9. The Bertz CT molecular complexity index is 1230. The van der Waals surface area contributed by atoms with Crippen molar-refractivity contribution in [2.75, 3.05) is 16.8 Å². The molecule has 0 unspecified atom stereocenters. The highest BCUT2D eigenvalue weighted by Crippen LogP contribution is 2.29. The summed E-state index contributed by atoms with van der Waals surface area (Å²) in [6.07, 6.45) is 1.85. The van der Waals surface area contributed by atoms with Gasteiger partial charge in [-0.15, -0.1) is 11.3 Å². The van der Waals surface area contributed by atoms with Crippen molar-refractivity contribution in [1.82, 2.24) is 4.98 Å². The molecule has 6 heteroatoms. The lowest BCUT2D eigenvalue weighted by Crippen LogP contribution is -2.28. The average Bonchev–Trinajstić information content (AvgIpc) is 3.42. The zero-order valence-corrected chi connectivity index (χ0v) is 17.7. The van der Waals surface area contributed by atoms with E-state index >= 15 is 0 Å². The summed E-state index contributed by atoms with van der Waals surface area (Å²) in [7, 11) is 0. The highest BCUT2D eigenvalue weighted by atomic mass is 32.1. The topological polar surface area (TPSA) is 62.3 Å². The molecule has 4 aromatic rings. The molecule has 0 bridgehead atoms. The van der Waals surface area contributed by atoms with Crippen molar-refractivity contribution in [3.63, 3.8) is 0 Å². The number of thiazole rings is 1. The van der Waals surface area contributed by atoms with Crippen molar-refractivity contribution in [2.45, 2.75) is 19.3 Å². The second-order valence-corrected chi connectivity index (χ2v) is 8.65. The molecule has 5 nitrogen and oxygen atoms in total. The number of nitrogens with zero attached hydrogens (tertiary/aromatic N) is 2. The Hall–Kier alpha value is -3.51. The number of fused-ring (bicyclic) bond motifs is 2. The number of hydrogen-bond acceptors (Lipinski definition) is 4. The Morgan fingerprint density at radius 3 is 2.58 bits per heavy atom. The molecule has 1 aromatic heterocycles. The molecule has 1 aliphatic rings. The van der Waals surface area contributed by atoms with Gasteiger partial charge in [-0.05, 0) is 54.4 Å². The molecule has 0 radical (unpaired) electrons. The first-order valence-electron chi connectivity index (χ1n) is 10.3. The van der Waals surface area contributed by atoms with Crippen LogP contribution >= 0.6 is 11.3 Å². The maximum absolute atomic E-state index is 12.9. The van der Waals surface area contributed by atoms with Gasteiger partial charge < -0.3 is 10.2 Å². The van der Waals surface area contributed by atoms with E-state index < -0.39 is 0 Å². The lowest BCUT2D eigenvalue weighted by Gasteiger charge is -2.17. The number of hydrogen-bond donors (Lipinski definition) is 1. The van der Waals surface area contributed by atoms with E-state index in [-0.39, 0.29) is 11.8 Å². The molecule has 154 valence electrons. The smallest absolute Gasteiger partial charge is 0.258 e. The molecular formula is C25H21N3O2S. The van der Waals surface area contributed by atoms with Crippen molar-refractivity contribution in [2.24, 2.45) is 0 Å². The van der Waals surface area contributed by atoms with E-state index in [0.29, 0.717) is 30.6 Å². The fourth-order valence-electron chi connectivity index (χ4n) is 3.87. The number of aryl methyl sites for hydroxylation is 1. The van der Waals surface area contributed by atoms with Crippen molar-refractivity contribution in [1.29, 1.82) is 0 Å². The van der Waals surface area contributed by atoms with Crippen LogP contribution in [0.25, 0.3) is 10.2 Å². The first kappa shape index (κ1) is 19.5. The number of carbonyl (C=O) groups excluding carboxylic acids is 2. The minimum Gasteiger partial charge on any atom is -0.326 e. The van der Waals surface area contributed by atoms with Crippen LogP contribution in [-0.4, -0.2) is 23.3 Å². The second kappa shape index (κ2) is 8.32. The standard InChI is InChI=1S/C25H21N3O2S/c29-23(13-14-24-27-20-6-2-4-8-22(20)31-24)26-19-11-9-18(10-12-19)25(30)28-16-15-17-5-1-3-7-21(17)28/h1-12H,13-16H2,(H,26,29). The van der Waals surface area contributed by atoms with E-state index in [1.807, 2.05) is 47.4 Å². The predicted octanol–water partition coefficient (Wildman–Crippen LogP) is 5.07. The summed E-state index contributed by atoms with van der Waals surface area (Å²) in [4.78, 5) is 31.7. The molecule has 1 aliphatic heterocycles. The largest absolute Gasteiger partial charge is 0.326 e. The molecule has 2 heterocycles. The van der Waals surface area contributed by atoms with Crippen LogP contribution in [0.2, 0.25) is 0 Å². The van der Waals surface area contributed by atoms with Gasteiger partial charge in [0.05, 0.1) is 15.2 Å². The number of amides is 2. The molecule has 31 heavy (non-hydrogen) atoms. The fourth-order valence-corrected chi connectivity index (χ4v) is 4.84. The van der Waals surface area contributed by atoms with Gasteiger partial charge >= 0.3 is 0 Å². The van der Waals surface area contributed by atoms with Crippen LogP contribution < -0.4 is 10.2 Å². The van der Waals surface area contributed by atoms with Crippen molar-refractivity contribution < 1.29 is 9.59 Å². The Kier molecular flexibility index (Phi) is 5.22. The molecule has 0 saturated carbocycles. The van der Waals surface area contributed by atoms with Crippen LogP contribution in [0.5, 0.6) is 0 Å². The van der Waals surface area contributed by atoms with Gasteiger partial charge in [-0.1, -0.05) is 30.3 Å². The summed E-state index contributed by atoms with van der Waals surface area (Å²) in [5, 5.41) is 3.87. The third-order valence-corrected chi connectivity index (χ3v) is 6.55. The molecule has 3 aromatic carbocycles. The summed E-state index contributed by atoms with van der Waals surface area (Å²) in [5.41, 5.74) is 4.47. The Morgan fingerprint density at radius 1 is 0.968 bits per heavy atom. The summed E-state index contributed by atoms with van der Waals surface area (Å²) in [5.74, 6) is -0.0783. The summed E-state index contributed by atoms with van der Waals surface area (Å²) >= 11 is 1.62. The minimum absolute atomic E-state index is 0.0151.